The van der Waals surface area contributed by atoms with Crippen molar-refractivity contribution in [1.29, 1.82) is 0 Å². The van der Waals surface area contributed by atoms with Crippen LogP contribution in [0.3, 0.4) is 0 Å². The minimum absolute atomic E-state index is 0.559. The van der Waals surface area contributed by atoms with Gasteiger partial charge < -0.3 is 9.15 Å². The molecule has 3 heterocycles. The van der Waals surface area contributed by atoms with Crippen molar-refractivity contribution in [2.45, 2.75) is 20.1 Å². The molecule has 0 unspecified atom stereocenters. The second-order valence-electron chi connectivity index (χ2n) is 6.55. The smallest absolute Gasteiger partial charge is 0.204 e. The Morgan fingerprint density at radius 1 is 1.26 bits per heavy atom. The number of aryl methyl sites for hydroxylation is 1. The molecule has 0 aliphatic heterocycles. The van der Waals surface area contributed by atoms with E-state index in [1.54, 1.807) is 7.11 Å². The van der Waals surface area contributed by atoms with E-state index in [4.69, 9.17) is 26.5 Å². The maximum atomic E-state index is 5.73. The van der Waals surface area contributed by atoms with Crippen molar-refractivity contribution >= 4 is 44.7 Å². The number of ether oxygens (including phenoxy) is 1. The van der Waals surface area contributed by atoms with Crippen LogP contribution in [-0.2, 0) is 13.2 Å². The summed E-state index contributed by atoms with van der Waals surface area (Å²) in [5, 5.41) is 5.85. The van der Waals surface area contributed by atoms with Gasteiger partial charge in [-0.05, 0) is 78.0 Å². The number of halogens is 1. The van der Waals surface area contributed by atoms with Gasteiger partial charge >= 0.3 is 0 Å². The highest BCUT2D eigenvalue weighted by Crippen LogP contribution is 2.25. The van der Waals surface area contributed by atoms with Crippen molar-refractivity contribution in [3.8, 4) is 5.75 Å². The van der Waals surface area contributed by atoms with Gasteiger partial charge in [0, 0.05) is 11.5 Å². The molecule has 0 amide bonds. The number of aromatic nitrogens is 3. The average Bonchev–Trinajstić information content (AvgIpc) is 3.17. The summed E-state index contributed by atoms with van der Waals surface area (Å²) in [5.41, 5.74) is 2.98. The third kappa shape index (κ3) is 3.40. The molecule has 4 rings (SSSR count). The van der Waals surface area contributed by atoms with Gasteiger partial charge in [-0.3, -0.25) is 9.30 Å². The van der Waals surface area contributed by atoms with E-state index in [9.17, 15) is 0 Å². The Balaban J connectivity index is 1.75. The quantitative estimate of drug-likeness (QED) is 0.412. The van der Waals surface area contributed by atoms with E-state index in [1.807, 2.05) is 40.4 Å². The lowest BCUT2D eigenvalue weighted by Crippen LogP contribution is -2.22. The molecule has 0 radical (unpaired) electrons. The Labute approximate surface area is 170 Å². The number of methoxy groups -OCH3 is 1. The second-order valence-corrected chi connectivity index (χ2v) is 7.69. The zero-order chi connectivity index (χ0) is 19.1. The number of hydrogen-bond acceptors (Lipinski definition) is 5. The predicted octanol–water partition coefficient (Wildman–Crippen LogP) is 4.78. The lowest BCUT2D eigenvalue weighted by molar-refractivity contribution is 0.225. The third-order valence-electron chi connectivity index (χ3n) is 4.51. The maximum absolute atomic E-state index is 5.73. The third-order valence-corrected chi connectivity index (χ3v) is 5.33. The highest BCUT2D eigenvalue weighted by atomic mass is 79.9. The SMILES string of the molecule is COc1ccc2c(C)cc3nn(CN(C)Cc4ccc(Br)o4)c(=S)n3c2c1. The first-order valence-corrected chi connectivity index (χ1v) is 9.66. The van der Waals surface area contributed by atoms with Crippen molar-refractivity contribution in [1.82, 2.24) is 19.1 Å². The lowest BCUT2D eigenvalue weighted by Gasteiger charge is -2.14. The molecule has 0 spiro atoms. The van der Waals surface area contributed by atoms with E-state index in [0.717, 1.165) is 38.3 Å². The number of benzene rings is 1. The molecule has 0 bridgehead atoms. The van der Waals surface area contributed by atoms with Gasteiger partial charge in [-0.1, -0.05) is 0 Å². The molecule has 27 heavy (non-hydrogen) atoms. The Morgan fingerprint density at radius 3 is 2.78 bits per heavy atom. The van der Waals surface area contributed by atoms with Crippen LogP contribution in [0, 0.1) is 11.7 Å². The summed E-state index contributed by atoms with van der Waals surface area (Å²) >= 11 is 9.06. The van der Waals surface area contributed by atoms with Crippen LogP contribution in [0.2, 0.25) is 0 Å². The first-order chi connectivity index (χ1) is 13.0. The van der Waals surface area contributed by atoms with Crippen molar-refractivity contribution in [2.75, 3.05) is 14.2 Å². The zero-order valence-electron chi connectivity index (χ0n) is 15.3. The molecular weight excluding hydrogens is 428 g/mol. The summed E-state index contributed by atoms with van der Waals surface area (Å²) in [4.78, 5) is 2.10. The Bertz CT molecular complexity index is 1190. The molecule has 0 atom stereocenters. The molecule has 0 aliphatic rings. The number of rotatable bonds is 5. The molecule has 4 aromatic rings. The van der Waals surface area contributed by atoms with Gasteiger partial charge in [0.2, 0.25) is 4.77 Å². The highest BCUT2D eigenvalue weighted by molar-refractivity contribution is 9.10. The van der Waals surface area contributed by atoms with Crippen molar-refractivity contribution in [2.24, 2.45) is 0 Å². The topological polar surface area (TPSA) is 47.8 Å². The Morgan fingerprint density at radius 2 is 2.07 bits per heavy atom. The van der Waals surface area contributed by atoms with Crippen LogP contribution in [0.15, 0.2) is 45.5 Å². The molecular formula is C19H19BrN4O2S. The van der Waals surface area contributed by atoms with E-state index < -0.39 is 0 Å². The molecule has 0 N–H and O–H groups in total. The van der Waals surface area contributed by atoms with Crippen LogP contribution in [0.1, 0.15) is 11.3 Å². The second kappa shape index (κ2) is 7.10. The number of hydrogen-bond donors (Lipinski definition) is 0. The molecule has 0 fully saturated rings. The van der Waals surface area contributed by atoms with E-state index in [0.29, 0.717) is 18.0 Å². The number of nitrogens with zero attached hydrogens (tertiary/aromatic N) is 4. The van der Waals surface area contributed by atoms with Crippen molar-refractivity contribution < 1.29 is 9.15 Å². The summed E-state index contributed by atoms with van der Waals surface area (Å²) in [6, 6.07) is 11.9. The van der Waals surface area contributed by atoms with Crippen LogP contribution in [0.4, 0.5) is 0 Å². The number of fused-ring (bicyclic) bond motifs is 3. The molecule has 1 aromatic carbocycles. The molecule has 6 nitrogen and oxygen atoms in total. The highest BCUT2D eigenvalue weighted by Gasteiger charge is 2.13. The Hall–Kier alpha value is -2.16. The summed E-state index contributed by atoms with van der Waals surface area (Å²) in [6.07, 6.45) is 0. The lowest BCUT2D eigenvalue weighted by atomic mass is 10.1. The summed E-state index contributed by atoms with van der Waals surface area (Å²) in [6.45, 7) is 3.30. The summed E-state index contributed by atoms with van der Waals surface area (Å²) < 4.78 is 16.2. The molecule has 140 valence electrons. The van der Waals surface area contributed by atoms with Crippen molar-refractivity contribution in [3.05, 3.63) is 57.2 Å². The maximum Gasteiger partial charge on any atom is 0.204 e. The number of pyridine rings is 1. The largest absolute Gasteiger partial charge is 0.497 e. The predicted molar refractivity (Wildman–Crippen MR) is 111 cm³/mol. The first-order valence-electron chi connectivity index (χ1n) is 8.46. The van der Waals surface area contributed by atoms with Gasteiger partial charge in [-0.25, -0.2) is 4.68 Å². The van der Waals surface area contributed by atoms with Crippen LogP contribution in [0.5, 0.6) is 5.75 Å². The van der Waals surface area contributed by atoms with E-state index in [1.165, 1.54) is 0 Å². The van der Waals surface area contributed by atoms with Gasteiger partial charge in [-0.2, -0.15) is 5.10 Å². The standard InChI is InChI=1S/C19H19BrN4O2S/c1-12-8-18-21-23(11-22(2)10-14-5-7-17(20)26-14)19(27)24(18)16-9-13(25-3)4-6-15(12)16/h4-9H,10-11H2,1-3H3. The molecule has 0 saturated heterocycles. The Kier molecular flexibility index (Phi) is 4.79. The van der Waals surface area contributed by atoms with Crippen LogP contribution in [-0.4, -0.2) is 33.2 Å². The van der Waals surface area contributed by atoms with Crippen LogP contribution < -0.4 is 4.74 Å². The van der Waals surface area contributed by atoms with Gasteiger partial charge in [0.05, 0.1) is 25.8 Å². The fourth-order valence-corrected chi connectivity index (χ4v) is 3.88. The summed E-state index contributed by atoms with van der Waals surface area (Å²) in [5.74, 6) is 1.68. The fraction of sp³-hybridized carbons (Fsp3) is 0.263. The molecule has 0 aliphatic carbocycles. The summed E-state index contributed by atoms with van der Waals surface area (Å²) in [7, 11) is 3.67. The normalized spacial score (nSPS) is 11.7. The zero-order valence-corrected chi connectivity index (χ0v) is 17.7. The molecule has 0 saturated carbocycles. The first kappa shape index (κ1) is 18.2. The molecule has 8 heteroatoms. The van der Waals surface area contributed by atoms with Crippen LogP contribution in [0.25, 0.3) is 16.6 Å². The van der Waals surface area contributed by atoms with Gasteiger partial charge in [-0.15, -0.1) is 0 Å². The average molecular weight is 447 g/mol. The van der Waals surface area contributed by atoms with E-state index in [-0.39, 0.29) is 0 Å². The van der Waals surface area contributed by atoms with Gasteiger partial charge in [0.15, 0.2) is 10.3 Å². The fourth-order valence-electron chi connectivity index (χ4n) is 3.25. The number of furan rings is 1. The van der Waals surface area contributed by atoms with Crippen molar-refractivity contribution in [3.63, 3.8) is 0 Å². The minimum Gasteiger partial charge on any atom is -0.497 e. The van der Waals surface area contributed by atoms with Crippen LogP contribution >= 0.6 is 28.1 Å². The van der Waals surface area contributed by atoms with E-state index in [2.05, 4.69) is 39.9 Å². The minimum atomic E-state index is 0.559. The van der Waals surface area contributed by atoms with Gasteiger partial charge in [0.1, 0.15) is 11.5 Å². The van der Waals surface area contributed by atoms with E-state index >= 15 is 0 Å². The molecule has 3 aromatic heterocycles. The monoisotopic (exact) mass is 446 g/mol. The van der Waals surface area contributed by atoms with Gasteiger partial charge in [0.25, 0.3) is 0 Å².